The highest BCUT2D eigenvalue weighted by Crippen LogP contribution is 2.28. The van der Waals surface area contributed by atoms with E-state index in [9.17, 15) is 14.3 Å². The molecule has 0 saturated carbocycles. The minimum absolute atomic E-state index is 0.0462. The van der Waals surface area contributed by atoms with Crippen LogP contribution in [-0.4, -0.2) is 58.2 Å². The van der Waals surface area contributed by atoms with Gasteiger partial charge in [-0.2, -0.15) is 4.98 Å². The lowest BCUT2D eigenvalue weighted by Crippen LogP contribution is -2.53. The minimum atomic E-state index is -0.993. The summed E-state index contributed by atoms with van der Waals surface area (Å²) in [6.45, 7) is 11.6. The van der Waals surface area contributed by atoms with Gasteiger partial charge >= 0.3 is 5.97 Å². The Bertz CT molecular complexity index is 1600. The Morgan fingerprint density at radius 3 is 2.79 bits per heavy atom. The molecule has 1 N–H and O–H groups in total. The van der Waals surface area contributed by atoms with Crippen LogP contribution < -0.4 is 14.5 Å². The van der Waals surface area contributed by atoms with Crippen LogP contribution in [0.1, 0.15) is 34.3 Å². The normalized spacial score (nSPS) is 15.3. The van der Waals surface area contributed by atoms with Gasteiger partial charge in [-0.15, -0.1) is 0 Å². The van der Waals surface area contributed by atoms with Crippen molar-refractivity contribution in [1.29, 1.82) is 0 Å². The van der Waals surface area contributed by atoms with Gasteiger partial charge in [-0.25, -0.2) is 14.2 Å². The molecule has 11 heteroatoms. The van der Waals surface area contributed by atoms with Crippen molar-refractivity contribution in [2.24, 2.45) is 0 Å². The highest BCUT2D eigenvalue weighted by molar-refractivity contribution is 6.30. The molecule has 0 spiro atoms. The summed E-state index contributed by atoms with van der Waals surface area (Å²) in [5, 5.41) is 9.93. The zero-order valence-corrected chi connectivity index (χ0v) is 24.8. The van der Waals surface area contributed by atoms with Crippen LogP contribution in [0.3, 0.4) is 0 Å². The summed E-state index contributed by atoms with van der Waals surface area (Å²) in [5.74, 6) is 0.292. The maximum atomic E-state index is 14.2. The highest BCUT2D eigenvalue weighted by Gasteiger charge is 2.27. The third-order valence-electron chi connectivity index (χ3n) is 7.48. The molecule has 1 aliphatic heterocycles. The van der Waals surface area contributed by atoms with Crippen LogP contribution in [0, 0.1) is 12.7 Å². The molecule has 5 rings (SSSR count). The van der Waals surface area contributed by atoms with Gasteiger partial charge < -0.3 is 24.1 Å². The van der Waals surface area contributed by atoms with E-state index in [4.69, 9.17) is 20.8 Å². The zero-order chi connectivity index (χ0) is 30.5. The van der Waals surface area contributed by atoms with E-state index in [1.807, 2.05) is 24.0 Å². The first kappa shape index (κ1) is 30.1. The van der Waals surface area contributed by atoms with Crippen molar-refractivity contribution in [3.8, 4) is 5.88 Å². The number of benzene rings is 2. The molecule has 1 atom stereocenters. The molecule has 43 heavy (non-hydrogen) atoms. The van der Waals surface area contributed by atoms with E-state index in [1.165, 1.54) is 12.3 Å². The molecule has 0 aliphatic carbocycles. The van der Waals surface area contributed by atoms with E-state index in [2.05, 4.69) is 33.3 Å². The van der Waals surface area contributed by atoms with Gasteiger partial charge in [-0.1, -0.05) is 36.4 Å². The molecule has 0 radical (unpaired) electrons. The number of piperazine rings is 1. The number of rotatable bonds is 11. The lowest BCUT2D eigenvalue weighted by Gasteiger charge is -2.42. The van der Waals surface area contributed by atoms with Crippen molar-refractivity contribution in [3.05, 3.63) is 113 Å². The van der Waals surface area contributed by atoms with Crippen molar-refractivity contribution in [2.75, 3.05) is 36.0 Å². The third kappa shape index (κ3) is 7.33. The number of carbonyl (C=O) groups is 1. The number of hydrogen-bond donors (Lipinski definition) is 1. The Balaban J connectivity index is 1.25. The predicted molar refractivity (Wildman–Crippen MR) is 163 cm³/mol. The molecule has 1 saturated heterocycles. The van der Waals surface area contributed by atoms with Gasteiger partial charge in [0.25, 0.3) is 0 Å². The van der Waals surface area contributed by atoms with E-state index in [1.54, 1.807) is 42.6 Å². The highest BCUT2D eigenvalue weighted by atomic mass is 35.5. The summed E-state index contributed by atoms with van der Waals surface area (Å²) in [6.07, 6.45) is 3.10. The first-order valence-corrected chi connectivity index (χ1v) is 14.3. The predicted octanol–water partition coefficient (Wildman–Crippen LogP) is 6.18. The number of nitrogens with zero attached hydrogens (tertiary/aromatic N) is 5. The fraction of sp³-hybridized carbons (Fsp3) is 0.281. The van der Waals surface area contributed by atoms with Crippen molar-refractivity contribution in [1.82, 2.24) is 14.9 Å². The van der Waals surface area contributed by atoms with Gasteiger partial charge in [0.05, 0.1) is 18.3 Å². The third-order valence-corrected chi connectivity index (χ3v) is 7.71. The molecule has 0 amide bonds. The summed E-state index contributed by atoms with van der Waals surface area (Å²) in [7, 11) is 0. The van der Waals surface area contributed by atoms with Gasteiger partial charge in [0.15, 0.2) is 0 Å². The number of halogens is 2. The second-order valence-electron chi connectivity index (χ2n) is 10.5. The second kappa shape index (κ2) is 13.3. The van der Waals surface area contributed by atoms with Crippen LogP contribution in [-0.2, 0) is 13.2 Å². The maximum Gasteiger partial charge on any atom is 0.335 e. The smallest absolute Gasteiger partial charge is 0.335 e. The quantitative estimate of drug-likeness (QED) is 0.215. The van der Waals surface area contributed by atoms with Crippen LogP contribution in [0.4, 0.5) is 15.9 Å². The Morgan fingerprint density at radius 1 is 1.23 bits per heavy atom. The second-order valence-corrected chi connectivity index (χ2v) is 10.9. The Labute approximate surface area is 254 Å². The Morgan fingerprint density at radius 2 is 2.07 bits per heavy atom. The molecule has 0 bridgehead atoms. The Hall–Kier alpha value is -4.41. The summed E-state index contributed by atoms with van der Waals surface area (Å²) >= 11 is 5.85. The lowest BCUT2D eigenvalue weighted by molar-refractivity contribution is 0.0697. The number of hydrogen-bond acceptors (Lipinski definition) is 8. The maximum absolute atomic E-state index is 14.2. The molecular formula is C32H33ClFN5O4. The van der Waals surface area contributed by atoms with E-state index < -0.39 is 11.8 Å². The first-order valence-electron chi connectivity index (χ1n) is 13.9. The van der Waals surface area contributed by atoms with Gasteiger partial charge in [0, 0.05) is 60.3 Å². The number of aromatic nitrogens is 2. The number of pyridine rings is 1. The average Bonchev–Trinajstić information content (AvgIpc) is 3.50. The van der Waals surface area contributed by atoms with E-state index in [0.29, 0.717) is 35.4 Å². The molecular weight excluding hydrogens is 573 g/mol. The van der Waals surface area contributed by atoms with Crippen molar-refractivity contribution in [2.45, 2.75) is 33.0 Å². The topological polar surface area (TPSA) is 95.2 Å². The van der Waals surface area contributed by atoms with Crippen LogP contribution in [0.2, 0.25) is 5.02 Å². The molecule has 2 aromatic carbocycles. The lowest BCUT2D eigenvalue weighted by atomic mass is 10.1. The summed E-state index contributed by atoms with van der Waals surface area (Å²) in [4.78, 5) is 27.2. The van der Waals surface area contributed by atoms with Gasteiger partial charge in [0.2, 0.25) is 11.8 Å². The fourth-order valence-corrected chi connectivity index (χ4v) is 5.23. The van der Waals surface area contributed by atoms with Crippen molar-refractivity contribution < 1.29 is 23.4 Å². The number of aryl methyl sites for hydroxylation is 1. The first-order chi connectivity index (χ1) is 20.7. The minimum Gasteiger partial charge on any atom is -0.478 e. The summed E-state index contributed by atoms with van der Waals surface area (Å²) < 4.78 is 25.5. The van der Waals surface area contributed by atoms with E-state index in [-0.39, 0.29) is 18.2 Å². The number of carboxylic acid groups (broad SMARTS) is 1. The molecule has 1 fully saturated rings. The molecule has 4 aromatic rings. The fourth-order valence-electron chi connectivity index (χ4n) is 5.08. The zero-order valence-electron chi connectivity index (χ0n) is 24.0. The van der Waals surface area contributed by atoms with Crippen LogP contribution >= 0.6 is 11.6 Å². The van der Waals surface area contributed by atoms with Gasteiger partial charge in [-0.05, 0) is 49.7 Å². The molecule has 2 aromatic heterocycles. The summed E-state index contributed by atoms with van der Waals surface area (Å²) in [5.41, 5.74) is 3.06. The molecule has 1 unspecified atom stereocenters. The number of aromatic carboxylic acids is 1. The molecule has 224 valence electrons. The molecule has 1 aliphatic rings. The molecule has 3 heterocycles. The van der Waals surface area contributed by atoms with E-state index in [0.717, 1.165) is 42.4 Å². The standard InChI is InChI=1S/C32H33ClFN5O4/c1-21-7-8-24(32(40)41)15-28(21)39(19-31-35-11-14-42-31)23(3)18-37-12-13-38(17-22(37)2)29-5-4-6-30(36-29)43-20-25-9-10-26(33)16-27(25)34/h4-11,14-16,22H,3,12-13,17-20H2,1-2H3,(H,40,41). The van der Waals surface area contributed by atoms with Gasteiger partial charge in [0.1, 0.15) is 24.5 Å². The molecule has 9 nitrogen and oxygen atoms in total. The number of ether oxygens (including phenoxy) is 1. The number of carboxylic acids is 1. The summed E-state index contributed by atoms with van der Waals surface area (Å²) in [6, 6.07) is 15.3. The van der Waals surface area contributed by atoms with Crippen LogP contribution in [0.15, 0.2) is 83.8 Å². The van der Waals surface area contributed by atoms with Crippen LogP contribution in [0.25, 0.3) is 0 Å². The monoisotopic (exact) mass is 605 g/mol. The van der Waals surface area contributed by atoms with E-state index >= 15 is 0 Å². The Kier molecular flexibility index (Phi) is 9.27. The number of oxazole rings is 1. The van der Waals surface area contributed by atoms with Crippen LogP contribution in [0.5, 0.6) is 5.88 Å². The largest absolute Gasteiger partial charge is 0.478 e. The SMILES string of the molecule is C=C(CN1CCN(c2cccc(OCc3ccc(Cl)cc3F)n2)CC1C)N(Cc1ncco1)c1cc(C(=O)O)ccc1C. The number of anilines is 2. The van der Waals surface area contributed by atoms with Crippen molar-refractivity contribution >= 4 is 29.1 Å². The van der Waals surface area contributed by atoms with Crippen molar-refractivity contribution in [3.63, 3.8) is 0 Å². The average molecular weight is 606 g/mol. The van der Waals surface area contributed by atoms with Gasteiger partial charge in [-0.3, -0.25) is 4.90 Å².